The Hall–Kier alpha value is -1.92. The predicted molar refractivity (Wildman–Crippen MR) is 98.6 cm³/mol. The second-order valence-electron chi connectivity index (χ2n) is 8.10. The molecule has 142 valence electrons. The average Bonchev–Trinajstić information content (AvgIpc) is 3.19. The van der Waals surface area contributed by atoms with Crippen LogP contribution < -0.4 is 10.2 Å². The lowest BCUT2D eigenvalue weighted by atomic mass is 9.73. The van der Waals surface area contributed by atoms with Gasteiger partial charge in [-0.3, -0.25) is 4.79 Å². The average molecular weight is 361 g/mol. The zero-order valence-corrected chi connectivity index (χ0v) is 15.5. The van der Waals surface area contributed by atoms with E-state index in [0.29, 0.717) is 24.3 Å². The van der Waals surface area contributed by atoms with Crippen LogP contribution in [0.5, 0.6) is 0 Å². The zero-order chi connectivity index (χ0) is 18.1. The second-order valence-corrected chi connectivity index (χ2v) is 8.10. The van der Waals surface area contributed by atoms with Crippen molar-refractivity contribution in [2.45, 2.75) is 57.4 Å². The molecule has 0 radical (unpaired) electrons. The van der Waals surface area contributed by atoms with Gasteiger partial charge in [0.05, 0.1) is 6.20 Å². The van der Waals surface area contributed by atoms with Gasteiger partial charge in [0.15, 0.2) is 11.6 Å². The molecule has 1 N–H and O–H groups in total. The first-order valence-electron chi connectivity index (χ1n) is 9.85. The molecule has 1 amide bonds. The van der Waals surface area contributed by atoms with E-state index in [2.05, 4.69) is 25.1 Å². The van der Waals surface area contributed by atoms with Crippen molar-refractivity contribution in [1.82, 2.24) is 14.9 Å². The molecule has 0 aromatic carbocycles. The van der Waals surface area contributed by atoms with Crippen molar-refractivity contribution in [3.8, 4) is 0 Å². The number of rotatable bonds is 3. The fraction of sp³-hybridized carbons (Fsp3) is 0.737. The van der Waals surface area contributed by atoms with Crippen LogP contribution in [-0.2, 0) is 4.79 Å². The summed E-state index contributed by atoms with van der Waals surface area (Å²) in [6.45, 7) is 2.58. The minimum Gasteiger partial charge on any atom is -0.371 e. The summed E-state index contributed by atoms with van der Waals surface area (Å²) >= 11 is 0. The smallest absolute Gasteiger partial charge is 0.227 e. The van der Waals surface area contributed by atoms with E-state index >= 15 is 0 Å². The quantitative estimate of drug-likeness (QED) is 0.897. The van der Waals surface area contributed by atoms with Gasteiger partial charge in [-0.05, 0) is 32.1 Å². The molecule has 1 spiro atoms. The van der Waals surface area contributed by atoms with Crippen LogP contribution in [0.15, 0.2) is 6.20 Å². The maximum atomic E-state index is 13.7. The third kappa shape index (κ3) is 3.23. The lowest BCUT2D eigenvalue weighted by Crippen LogP contribution is -2.56. The van der Waals surface area contributed by atoms with Gasteiger partial charge in [-0.2, -0.15) is 4.98 Å². The van der Waals surface area contributed by atoms with Gasteiger partial charge in [0.2, 0.25) is 11.9 Å². The Labute approximate surface area is 154 Å². The number of nitrogens with zero attached hydrogens (tertiary/aromatic N) is 4. The molecule has 1 aromatic heterocycles. The van der Waals surface area contributed by atoms with Gasteiger partial charge in [0, 0.05) is 44.6 Å². The van der Waals surface area contributed by atoms with Gasteiger partial charge in [0.1, 0.15) is 0 Å². The fourth-order valence-electron chi connectivity index (χ4n) is 4.99. The highest BCUT2D eigenvalue weighted by molar-refractivity contribution is 5.77. The van der Waals surface area contributed by atoms with Crippen molar-refractivity contribution >= 4 is 17.7 Å². The fourth-order valence-corrected chi connectivity index (χ4v) is 4.99. The van der Waals surface area contributed by atoms with Crippen molar-refractivity contribution in [3.63, 3.8) is 0 Å². The molecule has 2 aliphatic heterocycles. The first-order valence-corrected chi connectivity index (χ1v) is 9.85. The van der Waals surface area contributed by atoms with E-state index in [1.54, 1.807) is 7.05 Å². The highest BCUT2D eigenvalue weighted by Crippen LogP contribution is 2.41. The predicted octanol–water partition coefficient (Wildman–Crippen LogP) is 2.81. The Bertz CT molecular complexity index is 678. The van der Waals surface area contributed by atoms with E-state index in [4.69, 9.17) is 0 Å². The van der Waals surface area contributed by atoms with Crippen molar-refractivity contribution in [2.75, 3.05) is 36.9 Å². The molecular formula is C19H28FN5O. The first kappa shape index (κ1) is 17.5. The standard InChI is InChI=1S/C19H28FN5O/c1-21-17-15(20)11-22-18(23-17)24-10-4-8-19(12-24)9-7-16(26)25(13-19)14-5-2-3-6-14/h11,14H,2-10,12-13H2,1H3,(H,21,22,23). The van der Waals surface area contributed by atoms with Crippen LogP contribution in [0.4, 0.5) is 16.2 Å². The van der Waals surface area contributed by atoms with Gasteiger partial charge in [-0.15, -0.1) is 0 Å². The first-order chi connectivity index (χ1) is 12.6. The van der Waals surface area contributed by atoms with E-state index < -0.39 is 5.82 Å². The topological polar surface area (TPSA) is 61.4 Å². The number of nitrogens with one attached hydrogen (secondary N) is 1. The van der Waals surface area contributed by atoms with Gasteiger partial charge >= 0.3 is 0 Å². The monoisotopic (exact) mass is 361 g/mol. The molecule has 0 bridgehead atoms. The van der Waals surface area contributed by atoms with Crippen LogP contribution in [0, 0.1) is 11.2 Å². The summed E-state index contributed by atoms with van der Waals surface area (Å²) in [5.41, 5.74) is 0.117. The number of carbonyl (C=O) groups is 1. The van der Waals surface area contributed by atoms with Crippen LogP contribution in [-0.4, -0.2) is 53.5 Å². The normalized spacial score (nSPS) is 27.4. The van der Waals surface area contributed by atoms with Gasteiger partial charge in [0.25, 0.3) is 0 Å². The number of hydrogen-bond acceptors (Lipinski definition) is 5. The molecule has 6 nitrogen and oxygen atoms in total. The van der Waals surface area contributed by atoms with Crippen molar-refractivity contribution in [3.05, 3.63) is 12.0 Å². The molecule has 1 aliphatic carbocycles. The molecule has 3 fully saturated rings. The molecule has 4 rings (SSSR count). The molecule has 1 aromatic rings. The molecule has 3 aliphatic rings. The van der Waals surface area contributed by atoms with Crippen molar-refractivity contribution in [2.24, 2.45) is 5.41 Å². The number of carbonyl (C=O) groups excluding carboxylic acids is 1. The number of likely N-dealkylation sites (tertiary alicyclic amines) is 1. The van der Waals surface area contributed by atoms with E-state index in [9.17, 15) is 9.18 Å². The SMILES string of the molecule is CNc1nc(N2CCCC3(CCC(=O)N(C4CCCC4)C3)C2)ncc1F. The third-order valence-electron chi connectivity index (χ3n) is 6.37. The summed E-state index contributed by atoms with van der Waals surface area (Å²) in [7, 11) is 1.67. The molecular weight excluding hydrogens is 333 g/mol. The molecule has 1 atom stereocenters. The second kappa shape index (κ2) is 7.00. The minimum absolute atomic E-state index is 0.117. The Morgan fingerprint density at radius 3 is 2.81 bits per heavy atom. The zero-order valence-electron chi connectivity index (χ0n) is 15.5. The number of piperidine rings is 2. The molecule has 7 heteroatoms. The summed E-state index contributed by atoms with van der Waals surface area (Å²) in [5, 5.41) is 2.79. The van der Waals surface area contributed by atoms with Crippen LogP contribution >= 0.6 is 0 Å². The van der Waals surface area contributed by atoms with Gasteiger partial charge < -0.3 is 15.1 Å². The van der Waals surface area contributed by atoms with Crippen molar-refractivity contribution < 1.29 is 9.18 Å². The molecule has 1 unspecified atom stereocenters. The number of amides is 1. The number of hydrogen-bond donors (Lipinski definition) is 1. The van der Waals surface area contributed by atoms with Crippen molar-refractivity contribution in [1.29, 1.82) is 0 Å². The molecule has 1 saturated carbocycles. The molecule has 26 heavy (non-hydrogen) atoms. The van der Waals surface area contributed by atoms with E-state index in [0.717, 1.165) is 51.7 Å². The summed E-state index contributed by atoms with van der Waals surface area (Å²) in [5.74, 6) is 0.717. The van der Waals surface area contributed by atoms with E-state index in [-0.39, 0.29) is 11.2 Å². The summed E-state index contributed by atoms with van der Waals surface area (Å²) in [4.78, 5) is 25.4. The van der Waals surface area contributed by atoms with Crippen LogP contribution in [0.2, 0.25) is 0 Å². The number of aromatic nitrogens is 2. The van der Waals surface area contributed by atoms with Gasteiger partial charge in [-0.25, -0.2) is 9.37 Å². The molecule has 3 heterocycles. The summed E-state index contributed by atoms with van der Waals surface area (Å²) in [6.07, 6.45) is 9.80. The maximum absolute atomic E-state index is 13.7. The van der Waals surface area contributed by atoms with Gasteiger partial charge in [-0.1, -0.05) is 12.8 Å². The highest BCUT2D eigenvalue weighted by Gasteiger charge is 2.44. The van der Waals surface area contributed by atoms with Crippen LogP contribution in [0.1, 0.15) is 51.4 Å². The Balaban J connectivity index is 1.53. The molecule has 2 saturated heterocycles. The Morgan fingerprint density at radius 1 is 1.23 bits per heavy atom. The minimum atomic E-state index is -0.432. The van der Waals surface area contributed by atoms with E-state index in [1.807, 2.05) is 0 Å². The third-order valence-corrected chi connectivity index (χ3v) is 6.37. The summed E-state index contributed by atoms with van der Waals surface area (Å²) < 4.78 is 13.7. The Morgan fingerprint density at radius 2 is 2.04 bits per heavy atom. The largest absolute Gasteiger partial charge is 0.371 e. The number of anilines is 2. The van der Waals surface area contributed by atoms with Crippen LogP contribution in [0.25, 0.3) is 0 Å². The summed E-state index contributed by atoms with van der Waals surface area (Å²) in [6, 6.07) is 0.438. The van der Waals surface area contributed by atoms with Crippen LogP contribution in [0.3, 0.4) is 0 Å². The lowest BCUT2D eigenvalue weighted by molar-refractivity contribution is -0.140. The Kier molecular flexibility index (Phi) is 4.71. The lowest BCUT2D eigenvalue weighted by Gasteiger charge is -2.49. The highest BCUT2D eigenvalue weighted by atomic mass is 19.1. The van der Waals surface area contributed by atoms with E-state index in [1.165, 1.54) is 19.0 Å². The maximum Gasteiger partial charge on any atom is 0.227 e. The number of halogens is 1.